The van der Waals surface area contributed by atoms with E-state index in [2.05, 4.69) is 26.6 Å². The lowest BCUT2D eigenvalue weighted by Crippen LogP contribution is -2.24. The van der Waals surface area contributed by atoms with Crippen molar-refractivity contribution in [2.45, 2.75) is 46.4 Å². The van der Waals surface area contributed by atoms with E-state index in [1.54, 1.807) is 0 Å². The molecule has 0 bridgehead atoms. The van der Waals surface area contributed by atoms with Crippen LogP contribution in [0.15, 0.2) is 0 Å². The molecule has 0 saturated carbocycles. The Morgan fingerprint density at radius 3 is 2.69 bits per heavy atom. The van der Waals surface area contributed by atoms with E-state index in [-0.39, 0.29) is 6.10 Å². The Kier molecular flexibility index (Phi) is 4.89. The first-order valence-corrected chi connectivity index (χ1v) is 5.79. The zero-order valence-electron chi connectivity index (χ0n) is 10.6. The smallest absolute Gasteiger partial charge is 0.147 e. The third kappa shape index (κ3) is 3.57. The van der Waals surface area contributed by atoms with Crippen LogP contribution in [-0.4, -0.2) is 44.5 Å². The maximum absolute atomic E-state index is 9.21. The van der Waals surface area contributed by atoms with Crippen LogP contribution in [0.2, 0.25) is 0 Å². The minimum atomic E-state index is -0.242. The molecule has 0 aliphatic heterocycles. The van der Waals surface area contributed by atoms with E-state index in [0.717, 1.165) is 37.7 Å². The first kappa shape index (κ1) is 13.1. The van der Waals surface area contributed by atoms with Crippen molar-refractivity contribution in [3.63, 3.8) is 0 Å². The maximum Gasteiger partial charge on any atom is 0.147 e. The molecule has 1 aromatic heterocycles. The van der Waals surface area contributed by atoms with E-state index >= 15 is 0 Å². The molecule has 1 atom stereocenters. The van der Waals surface area contributed by atoms with Gasteiger partial charge in [0, 0.05) is 13.1 Å². The molecule has 5 nitrogen and oxygen atoms in total. The van der Waals surface area contributed by atoms with Crippen molar-refractivity contribution in [2.75, 3.05) is 13.6 Å². The van der Waals surface area contributed by atoms with Gasteiger partial charge in [0.2, 0.25) is 0 Å². The Labute approximate surface area is 97.1 Å². The van der Waals surface area contributed by atoms with Gasteiger partial charge < -0.3 is 9.67 Å². The van der Waals surface area contributed by atoms with Gasteiger partial charge in [-0.05, 0) is 34.2 Å². The Balaban J connectivity index is 2.52. The number of aryl methyl sites for hydroxylation is 1. The first-order valence-electron chi connectivity index (χ1n) is 5.79. The van der Waals surface area contributed by atoms with Gasteiger partial charge in [-0.15, -0.1) is 10.2 Å². The Morgan fingerprint density at radius 2 is 2.12 bits per heavy atom. The fraction of sp³-hybridized carbons (Fsp3) is 0.818. The number of nitrogens with zero attached hydrogens (tertiary/aromatic N) is 4. The van der Waals surface area contributed by atoms with Gasteiger partial charge in [-0.25, -0.2) is 0 Å². The summed E-state index contributed by atoms with van der Waals surface area (Å²) >= 11 is 0. The van der Waals surface area contributed by atoms with Crippen LogP contribution < -0.4 is 0 Å². The van der Waals surface area contributed by atoms with Crippen LogP contribution in [0.3, 0.4) is 0 Å². The van der Waals surface area contributed by atoms with Crippen LogP contribution in [-0.2, 0) is 13.1 Å². The molecule has 1 N–H and O–H groups in total. The molecule has 0 aromatic carbocycles. The van der Waals surface area contributed by atoms with Gasteiger partial charge in [0.25, 0.3) is 0 Å². The van der Waals surface area contributed by atoms with Crippen LogP contribution in [0.5, 0.6) is 0 Å². The quantitative estimate of drug-likeness (QED) is 0.780. The van der Waals surface area contributed by atoms with Gasteiger partial charge in [-0.1, -0.05) is 0 Å². The molecule has 92 valence electrons. The molecular weight excluding hydrogens is 204 g/mol. The van der Waals surface area contributed by atoms with Gasteiger partial charge in [0.1, 0.15) is 11.6 Å². The predicted molar refractivity (Wildman–Crippen MR) is 63.1 cm³/mol. The molecule has 0 aliphatic carbocycles. The highest BCUT2D eigenvalue weighted by atomic mass is 16.3. The molecule has 0 radical (unpaired) electrons. The van der Waals surface area contributed by atoms with Crippen molar-refractivity contribution in [3.05, 3.63) is 11.6 Å². The fourth-order valence-electron chi connectivity index (χ4n) is 1.68. The summed E-state index contributed by atoms with van der Waals surface area (Å²) in [7, 11) is 2.03. The molecule has 0 aliphatic rings. The summed E-state index contributed by atoms with van der Waals surface area (Å²) in [4.78, 5) is 2.16. The standard InChI is InChI=1S/C11H22N4O/c1-5-15-10(3)12-13-11(15)8-14(4)7-6-9(2)16/h9,16H,5-8H2,1-4H3. The highest BCUT2D eigenvalue weighted by Crippen LogP contribution is 2.04. The molecule has 1 rings (SSSR count). The molecule has 16 heavy (non-hydrogen) atoms. The predicted octanol–water partition coefficient (Wildman–Crippen LogP) is 0.809. The van der Waals surface area contributed by atoms with Gasteiger partial charge in [0.05, 0.1) is 12.6 Å². The third-order valence-electron chi connectivity index (χ3n) is 2.67. The summed E-state index contributed by atoms with van der Waals surface area (Å²) < 4.78 is 2.11. The molecular formula is C11H22N4O. The Bertz CT molecular complexity index is 322. The van der Waals surface area contributed by atoms with Crippen LogP contribution in [0.1, 0.15) is 31.9 Å². The van der Waals surface area contributed by atoms with E-state index in [4.69, 9.17) is 0 Å². The number of hydrogen-bond acceptors (Lipinski definition) is 4. The van der Waals surface area contributed by atoms with Crippen molar-refractivity contribution < 1.29 is 5.11 Å². The number of hydrogen-bond donors (Lipinski definition) is 1. The average Bonchev–Trinajstić information content (AvgIpc) is 2.56. The second-order valence-electron chi connectivity index (χ2n) is 4.28. The molecule has 1 unspecified atom stereocenters. The normalized spacial score (nSPS) is 13.4. The van der Waals surface area contributed by atoms with Crippen molar-refractivity contribution in [1.82, 2.24) is 19.7 Å². The average molecular weight is 226 g/mol. The second-order valence-corrected chi connectivity index (χ2v) is 4.28. The van der Waals surface area contributed by atoms with Crippen molar-refractivity contribution in [2.24, 2.45) is 0 Å². The van der Waals surface area contributed by atoms with E-state index in [1.165, 1.54) is 0 Å². The van der Waals surface area contributed by atoms with Crippen LogP contribution in [0.4, 0.5) is 0 Å². The summed E-state index contributed by atoms with van der Waals surface area (Å²) in [5.74, 6) is 1.95. The number of rotatable bonds is 6. The minimum Gasteiger partial charge on any atom is -0.393 e. The van der Waals surface area contributed by atoms with Gasteiger partial charge >= 0.3 is 0 Å². The molecule has 0 saturated heterocycles. The van der Waals surface area contributed by atoms with Gasteiger partial charge in [0.15, 0.2) is 0 Å². The van der Waals surface area contributed by atoms with Gasteiger partial charge in [-0.3, -0.25) is 4.90 Å². The number of aliphatic hydroxyl groups is 1. The summed E-state index contributed by atoms with van der Waals surface area (Å²) in [5.41, 5.74) is 0. The van der Waals surface area contributed by atoms with Crippen molar-refractivity contribution >= 4 is 0 Å². The largest absolute Gasteiger partial charge is 0.393 e. The molecule has 0 spiro atoms. The Hall–Kier alpha value is -0.940. The first-order chi connectivity index (χ1) is 7.54. The molecule has 5 heteroatoms. The lowest BCUT2D eigenvalue weighted by Gasteiger charge is -2.17. The number of aromatic nitrogens is 3. The van der Waals surface area contributed by atoms with Crippen LogP contribution >= 0.6 is 0 Å². The van der Waals surface area contributed by atoms with E-state index in [1.807, 2.05) is 20.9 Å². The number of aliphatic hydroxyl groups excluding tert-OH is 1. The van der Waals surface area contributed by atoms with E-state index in [0.29, 0.717) is 0 Å². The maximum atomic E-state index is 9.21. The SMILES string of the molecule is CCn1c(C)nnc1CN(C)CCC(C)O. The minimum absolute atomic E-state index is 0.242. The highest BCUT2D eigenvalue weighted by Gasteiger charge is 2.10. The van der Waals surface area contributed by atoms with E-state index in [9.17, 15) is 5.11 Å². The molecule has 0 fully saturated rings. The highest BCUT2D eigenvalue weighted by molar-refractivity contribution is 4.93. The molecule has 1 aromatic rings. The van der Waals surface area contributed by atoms with E-state index < -0.39 is 0 Å². The van der Waals surface area contributed by atoms with Crippen molar-refractivity contribution in [3.8, 4) is 0 Å². The zero-order chi connectivity index (χ0) is 12.1. The molecule has 0 amide bonds. The summed E-state index contributed by atoms with van der Waals surface area (Å²) in [6.07, 6.45) is 0.545. The summed E-state index contributed by atoms with van der Waals surface area (Å²) in [5, 5.41) is 17.4. The topological polar surface area (TPSA) is 54.2 Å². The second kappa shape index (κ2) is 5.96. The lowest BCUT2D eigenvalue weighted by atomic mass is 10.3. The summed E-state index contributed by atoms with van der Waals surface area (Å²) in [6.45, 7) is 8.42. The third-order valence-corrected chi connectivity index (χ3v) is 2.67. The van der Waals surface area contributed by atoms with Gasteiger partial charge in [-0.2, -0.15) is 0 Å². The lowest BCUT2D eigenvalue weighted by molar-refractivity contribution is 0.161. The fourth-order valence-corrected chi connectivity index (χ4v) is 1.68. The summed E-state index contributed by atoms with van der Waals surface area (Å²) in [6, 6.07) is 0. The Morgan fingerprint density at radius 1 is 1.44 bits per heavy atom. The monoisotopic (exact) mass is 226 g/mol. The van der Waals surface area contributed by atoms with Crippen LogP contribution in [0, 0.1) is 6.92 Å². The molecule has 1 heterocycles. The zero-order valence-corrected chi connectivity index (χ0v) is 10.6. The van der Waals surface area contributed by atoms with Crippen LogP contribution in [0.25, 0.3) is 0 Å². The van der Waals surface area contributed by atoms with Crippen molar-refractivity contribution in [1.29, 1.82) is 0 Å².